The summed E-state index contributed by atoms with van der Waals surface area (Å²) in [6.07, 6.45) is 2.28. The zero-order valence-corrected chi connectivity index (χ0v) is 18.8. The molecule has 2 aromatic rings. The molecule has 0 aromatic heterocycles. The summed E-state index contributed by atoms with van der Waals surface area (Å²) in [5.41, 5.74) is 4.40. The average molecular weight is 425 g/mol. The molecule has 0 saturated heterocycles. The molecular weight excluding hydrogens is 392 g/mol. The number of carbonyl (C=O) groups is 1. The van der Waals surface area contributed by atoms with Crippen LogP contribution in [0.3, 0.4) is 0 Å². The second-order valence-electron chi connectivity index (χ2n) is 7.55. The highest BCUT2D eigenvalue weighted by molar-refractivity contribution is 5.90. The van der Waals surface area contributed by atoms with Crippen LogP contribution in [-0.4, -0.2) is 44.6 Å². The molecular formula is C24H32N4O3. The van der Waals surface area contributed by atoms with E-state index in [0.717, 1.165) is 54.6 Å². The molecule has 7 nitrogen and oxygen atoms in total. The summed E-state index contributed by atoms with van der Waals surface area (Å²) in [7, 11) is 5.12. The van der Waals surface area contributed by atoms with E-state index in [0.29, 0.717) is 13.0 Å². The molecule has 0 radical (unpaired) electrons. The lowest BCUT2D eigenvalue weighted by Gasteiger charge is -2.32. The van der Waals surface area contributed by atoms with Crippen LogP contribution in [0, 0.1) is 0 Å². The van der Waals surface area contributed by atoms with Crippen molar-refractivity contribution in [1.82, 2.24) is 10.2 Å². The molecule has 0 fully saturated rings. The Bertz CT molecular complexity index is 942. The molecule has 0 saturated carbocycles. The van der Waals surface area contributed by atoms with Crippen LogP contribution in [0.15, 0.2) is 41.4 Å². The lowest BCUT2D eigenvalue weighted by molar-refractivity contribution is -0.116. The molecule has 1 aliphatic rings. The molecule has 1 amide bonds. The Morgan fingerprint density at radius 1 is 1.13 bits per heavy atom. The van der Waals surface area contributed by atoms with Gasteiger partial charge in [-0.2, -0.15) is 0 Å². The van der Waals surface area contributed by atoms with Crippen molar-refractivity contribution in [2.75, 3.05) is 33.1 Å². The average Bonchev–Trinajstić information content (AvgIpc) is 2.78. The molecule has 2 N–H and O–H groups in total. The number of rotatable bonds is 7. The SMILES string of the molecule is CCCC(=O)Nc1cccc(CNC(=NC)N2CCc3cc(OC)c(OC)cc3C2)c1. The van der Waals surface area contributed by atoms with Crippen molar-refractivity contribution >= 4 is 17.6 Å². The number of hydrogen-bond acceptors (Lipinski definition) is 4. The van der Waals surface area contributed by atoms with Crippen molar-refractivity contribution in [2.24, 2.45) is 4.99 Å². The molecule has 3 rings (SSSR count). The van der Waals surface area contributed by atoms with Crippen LogP contribution in [0.1, 0.15) is 36.5 Å². The number of carbonyl (C=O) groups excluding carboxylic acids is 1. The van der Waals surface area contributed by atoms with Gasteiger partial charge in [-0.25, -0.2) is 0 Å². The highest BCUT2D eigenvalue weighted by atomic mass is 16.5. The van der Waals surface area contributed by atoms with Crippen molar-refractivity contribution in [2.45, 2.75) is 39.3 Å². The van der Waals surface area contributed by atoms with Crippen LogP contribution in [0.4, 0.5) is 5.69 Å². The topological polar surface area (TPSA) is 75.2 Å². The number of aliphatic imine (C=N–C) groups is 1. The van der Waals surface area contributed by atoms with Gasteiger partial charge in [-0.05, 0) is 53.8 Å². The smallest absolute Gasteiger partial charge is 0.224 e. The number of guanidine groups is 1. The quantitative estimate of drug-likeness (QED) is 0.525. The molecule has 1 aliphatic heterocycles. The van der Waals surface area contributed by atoms with Crippen molar-refractivity contribution in [3.05, 3.63) is 53.1 Å². The van der Waals surface area contributed by atoms with Gasteiger partial charge in [0.25, 0.3) is 0 Å². The summed E-state index contributed by atoms with van der Waals surface area (Å²) in [6.45, 7) is 4.24. The van der Waals surface area contributed by atoms with E-state index in [-0.39, 0.29) is 5.91 Å². The van der Waals surface area contributed by atoms with Gasteiger partial charge in [-0.3, -0.25) is 9.79 Å². The predicted molar refractivity (Wildman–Crippen MR) is 124 cm³/mol. The number of hydrogen-bond donors (Lipinski definition) is 2. The molecule has 0 aliphatic carbocycles. The highest BCUT2D eigenvalue weighted by Crippen LogP contribution is 2.33. The zero-order valence-electron chi connectivity index (χ0n) is 18.8. The van der Waals surface area contributed by atoms with Gasteiger partial charge in [0, 0.05) is 38.8 Å². The monoisotopic (exact) mass is 424 g/mol. The van der Waals surface area contributed by atoms with E-state index in [4.69, 9.17) is 9.47 Å². The summed E-state index contributed by atoms with van der Waals surface area (Å²) in [5, 5.41) is 6.40. The first-order valence-electron chi connectivity index (χ1n) is 10.7. The maximum Gasteiger partial charge on any atom is 0.224 e. The maximum absolute atomic E-state index is 11.9. The third kappa shape index (κ3) is 5.69. The summed E-state index contributed by atoms with van der Waals surface area (Å²) in [4.78, 5) is 18.6. The number of amides is 1. The summed E-state index contributed by atoms with van der Waals surface area (Å²) in [5.74, 6) is 2.40. The standard InChI is InChI=1S/C24H32N4O3/c1-5-7-23(29)27-20-9-6-8-17(12-20)15-26-24(25-2)28-11-10-18-13-21(30-3)22(31-4)14-19(18)16-28/h6,8-9,12-14H,5,7,10-11,15-16H2,1-4H3,(H,25,26)(H,27,29). The first-order valence-corrected chi connectivity index (χ1v) is 10.7. The molecule has 0 spiro atoms. The largest absolute Gasteiger partial charge is 0.493 e. The number of nitrogens with one attached hydrogen (secondary N) is 2. The molecule has 7 heteroatoms. The van der Waals surface area contributed by atoms with Crippen LogP contribution < -0.4 is 20.1 Å². The summed E-state index contributed by atoms with van der Waals surface area (Å²) in [6, 6.07) is 12.0. The van der Waals surface area contributed by atoms with Gasteiger partial charge in [-0.15, -0.1) is 0 Å². The second kappa shape index (κ2) is 10.7. The van der Waals surface area contributed by atoms with Crippen molar-refractivity contribution in [1.29, 1.82) is 0 Å². The van der Waals surface area contributed by atoms with Crippen LogP contribution in [-0.2, 0) is 24.3 Å². The number of methoxy groups -OCH3 is 2. The molecule has 0 unspecified atom stereocenters. The highest BCUT2D eigenvalue weighted by Gasteiger charge is 2.21. The molecule has 31 heavy (non-hydrogen) atoms. The van der Waals surface area contributed by atoms with E-state index in [1.54, 1.807) is 21.3 Å². The van der Waals surface area contributed by atoms with Gasteiger partial charge < -0.3 is 25.0 Å². The molecule has 0 atom stereocenters. The Labute approximate surface area is 184 Å². The Kier molecular flexibility index (Phi) is 7.76. The molecule has 2 aromatic carbocycles. The van der Waals surface area contributed by atoms with E-state index >= 15 is 0 Å². The lowest BCUT2D eigenvalue weighted by atomic mass is 9.99. The molecule has 1 heterocycles. The van der Waals surface area contributed by atoms with Gasteiger partial charge in [0.05, 0.1) is 14.2 Å². The minimum Gasteiger partial charge on any atom is -0.493 e. The van der Waals surface area contributed by atoms with E-state index in [1.165, 1.54) is 11.1 Å². The number of benzene rings is 2. The minimum atomic E-state index is 0.0439. The van der Waals surface area contributed by atoms with E-state index in [9.17, 15) is 4.79 Å². The number of ether oxygens (including phenoxy) is 2. The fourth-order valence-electron chi connectivity index (χ4n) is 3.79. The summed E-state index contributed by atoms with van der Waals surface area (Å²) < 4.78 is 10.9. The van der Waals surface area contributed by atoms with Crippen LogP contribution in [0.25, 0.3) is 0 Å². The van der Waals surface area contributed by atoms with Crippen molar-refractivity contribution < 1.29 is 14.3 Å². The maximum atomic E-state index is 11.9. The van der Waals surface area contributed by atoms with Crippen LogP contribution >= 0.6 is 0 Å². The van der Waals surface area contributed by atoms with Gasteiger partial charge >= 0.3 is 0 Å². The molecule has 166 valence electrons. The van der Waals surface area contributed by atoms with Crippen molar-refractivity contribution in [3.8, 4) is 11.5 Å². The predicted octanol–water partition coefficient (Wildman–Crippen LogP) is 3.58. The summed E-state index contributed by atoms with van der Waals surface area (Å²) >= 11 is 0. The minimum absolute atomic E-state index is 0.0439. The fourth-order valence-corrected chi connectivity index (χ4v) is 3.79. The zero-order chi connectivity index (χ0) is 22.2. The second-order valence-corrected chi connectivity index (χ2v) is 7.55. The lowest BCUT2D eigenvalue weighted by Crippen LogP contribution is -2.43. The number of anilines is 1. The Hall–Kier alpha value is -3.22. The fraction of sp³-hybridized carbons (Fsp3) is 0.417. The van der Waals surface area contributed by atoms with Gasteiger partial charge in [0.2, 0.25) is 5.91 Å². The number of nitrogens with zero attached hydrogens (tertiary/aromatic N) is 2. The van der Waals surface area contributed by atoms with Crippen LogP contribution in [0.5, 0.6) is 11.5 Å². The Morgan fingerprint density at radius 2 is 1.87 bits per heavy atom. The first kappa shape index (κ1) is 22.5. The molecule has 0 bridgehead atoms. The van der Waals surface area contributed by atoms with Gasteiger partial charge in [-0.1, -0.05) is 19.1 Å². The van der Waals surface area contributed by atoms with E-state index in [1.807, 2.05) is 31.2 Å². The third-order valence-electron chi connectivity index (χ3n) is 5.37. The number of fused-ring (bicyclic) bond motifs is 1. The Balaban J connectivity index is 1.65. The van der Waals surface area contributed by atoms with Crippen molar-refractivity contribution in [3.63, 3.8) is 0 Å². The van der Waals surface area contributed by atoms with E-state index in [2.05, 4.69) is 32.7 Å². The van der Waals surface area contributed by atoms with Gasteiger partial charge in [0.1, 0.15) is 0 Å². The first-order chi connectivity index (χ1) is 15.1. The van der Waals surface area contributed by atoms with E-state index < -0.39 is 0 Å². The van der Waals surface area contributed by atoms with Crippen LogP contribution in [0.2, 0.25) is 0 Å². The third-order valence-corrected chi connectivity index (χ3v) is 5.37. The van der Waals surface area contributed by atoms with Gasteiger partial charge in [0.15, 0.2) is 17.5 Å². The normalized spacial score (nSPS) is 13.4. The Morgan fingerprint density at radius 3 is 2.55 bits per heavy atom.